The number of nitrogens with two attached hydrogens (primary N) is 1. The van der Waals surface area contributed by atoms with Crippen molar-refractivity contribution in [2.45, 2.75) is 38.5 Å². The highest BCUT2D eigenvalue weighted by molar-refractivity contribution is 7.90. The number of aromatic nitrogens is 2. The molecule has 6 heteroatoms. The standard InChI is InChI=1S/C16H22N4OS/c1-11(20-22(21)16(2,3)4)13-10-14(17)18-19-15(13)12-8-6-5-7-9-12/h5-11,20H,1-4H3,(H2,17,18)/t11?,22-/m1/s1. The molecule has 2 aromatic rings. The van der Waals surface area contributed by atoms with E-state index in [9.17, 15) is 4.55 Å². The summed E-state index contributed by atoms with van der Waals surface area (Å²) < 4.78 is 15.1. The quantitative estimate of drug-likeness (QED) is 0.846. The van der Waals surface area contributed by atoms with Crippen LogP contribution in [-0.4, -0.2) is 19.5 Å². The Labute approximate surface area is 134 Å². The SMILES string of the molecule is CC(N[S@+]([O-])C(C)(C)C)c1cc(N)nnc1-c1ccccc1. The summed E-state index contributed by atoms with van der Waals surface area (Å²) in [5, 5.41) is 8.18. The summed E-state index contributed by atoms with van der Waals surface area (Å²) in [6.07, 6.45) is 0. The summed E-state index contributed by atoms with van der Waals surface area (Å²) in [5.74, 6) is 0.352. The van der Waals surface area contributed by atoms with Crippen LogP contribution in [0.1, 0.15) is 39.3 Å². The van der Waals surface area contributed by atoms with Gasteiger partial charge in [0.15, 0.2) is 0 Å². The van der Waals surface area contributed by atoms with Crippen molar-refractivity contribution in [2.24, 2.45) is 0 Å². The minimum atomic E-state index is -1.18. The third-order valence-corrected chi connectivity index (χ3v) is 4.88. The lowest BCUT2D eigenvalue weighted by Crippen LogP contribution is -2.40. The van der Waals surface area contributed by atoms with Gasteiger partial charge in [0.2, 0.25) is 0 Å². The van der Waals surface area contributed by atoms with Crippen LogP contribution in [0.3, 0.4) is 0 Å². The van der Waals surface area contributed by atoms with E-state index in [1.807, 2.05) is 58.0 Å². The zero-order valence-electron chi connectivity index (χ0n) is 13.3. The van der Waals surface area contributed by atoms with E-state index in [0.717, 1.165) is 16.8 Å². The van der Waals surface area contributed by atoms with E-state index in [1.54, 1.807) is 6.07 Å². The summed E-state index contributed by atoms with van der Waals surface area (Å²) in [4.78, 5) is 0. The topological polar surface area (TPSA) is 86.9 Å². The second-order valence-electron chi connectivity index (χ2n) is 6.16. The van der Waals surface area contributed by atoms with Crippen LogP contribution >= 0.6 is 0 Å². The Morgan fingerprint density at radius 1 is 1.18 bits per heavy atom. The predicted molar refractivity (Wildman–Crippen MR) is 91.3 cm³/mol. The van der Waals surface area contributed by atoms with Crippen molar-refractivity contribution < 1.29 is 4.55 Å². The number of nitrogens with zero attached hydrogens (tertiary/aromatic N) is 2. The summed E-state index contributed by atoms with van der Waals surface area (Å²) in [5.41, 5.74) is 8.38. The van der Waals surface area contributed by atoms with E-state index >= 15 is 0 Å². The highest BCUT2D eigenvalue weighted by Gasteiger charge is 2.29. The van der Waals surface area contributed by atoms with Gasteiger partial charge in [0.25, 0.3) is 0 Å². The molecule has 0 saturated carbocycles. The average Bonchev–Trinajstić information content (AvgIpc) is 2.47. The zero-order valence-corrected chi connectivity index (χ0v) is 14.1. The van der Waals surface area contributed by atoms with Gasteiger partial charge in [-0.2, -0.15) is 0 Å². The van der Waals surface area contributed by atoms with Crippen LogP contribution in [0.25, 0.3) is 11.3 Å². The molecule has 0 bridgehead atoms. The lowest BCUT2D eigenvalue weighted by molar-refractivity contribution is 0.531. The highest BCUT2D eigenvalue weighted by Crippen LogP contribution is 2.28. The molecule has 22 heavy (non-hydrogen) atoms. The smallest absolute Gasteiger partial charge is 0.146 e. The van der Waals surface area contributed by atoms with E-state index in [2.05, 4.69) is 14.9 Å². The van der Waals surface area contributed by atoms with Crippen molar-refractivity contribution in [3.8, 4) is 11.3 Å². The van der Waals surface area contributed by atoms with E-state index in [1.165, 1.54) is 0 Å². The summed E-state index contributed by atoms with van der Waals surface area (Å²) >= 11 is -1.18. The van der Waals surface area contributed by atoms with Gasteiger partial charge in [0.1, 0.15) is 10.6 Å². The maximum atomic E-state index is 12.3. The Kier molecular flexibility index (Phi) is 5.05. The average molecular weight is 318 g/mol. The van der Waals surface area contributed by atoms with Crippen LogP contribution in [0.15, 0.2) is 36.4 Å². The molecule has 3 N–H and O–H groups in total. The van der Waals surface area contributed by atoms with Crippen LogP contribution in [0.2, 0.25) is 0 Å². The van der Waals surface area contributed by atoms with Crippen molar-refractivity contribution in [1.82, 2.24) is 14.9 Å². The molecule has 1 unspecified atom stereocenters. The summed E-state index contributed by atoms with van der Waals surface area (Å²) in [7, 11) is 0. The minimum Gasteiger partial charge on any atom is -0.598 e. The molecule has 2 rings (SSSR count). The molecule has 0 amide bonds. The minimum absolute atomic E-state index is 0.159. The molecular formula is C16H22N4OS. The van der Waals surface area contributed by atoms with E-state index in [0.29, 0.717) is 5.82 Å². The molecule has 0 aliphatic carbocycles. The van der Waals surface area contributed by atoms with Crippen molar-refractivity contribution in [2.75, 3.05) is 5.73 Å². The molecule has 1 aromatic heterocycles. The molecule has 2 atom stereocenters. The Hall–Kier alpha value is -1.63. The lowest BCUT2D eigenvalue weighted by atomic mass is 10.0. The largest absolute Gasteiger partial charge is 0.598 e. The maximum absolute atomic E-state index is 12.3. The fraction of sp³-hybridized carbons (Fsp3) is 0.375. The Morgan fingerprint density at radius 3 is 2.41 bits per heavy atom. The first-order valence-electron chi connectivity index (χ1n) is 7.15. The molecular weight excluding hydrogens is 296 g/mol. The summed E-state index contributed by atoms with van der Waals surface area (Å²) in [6, 6.07) is 11.4. The van der Waals surface area contributed by atoms with E-state index in [4.69, 9.17) is 5.73 Å². The number of hydrogen-bond donors (Lipinski definition) is 2. The number of nitrogens with one attached hydrogen (secondary N) is 1. The first-order chi connectivity index (χ1) is 10.3. The molecule has 0 aliphatic heterocycles. The van der Waals surface area contributed by atoms with Crippen molar-refractivity contribution in [1.29, 1.82) is 0 Å². The van der Waals surface area contributed by atoms with Gasteiger partial charge in [-0.25, -0.2) is 0 Å². The molecule has 0 spiro atoms. The number of anilines is 1. The Bertz CT molecular complexity index is 628. The maximum Gasteiger partial charge on any atom is 0.146 e. The third kappa shape index (κ3) is 3.97. The van der Waals surface area contributed by atoms with Gasteiger partial charge in [0, 0.05) is 22.5 Å². The molecule has 1 aromatic carbocycles. The van der Waals surface area contributed by atoms with Gasteiger partial charge in [-0.3, -0.25) is 0 Å². The van der Waals surface area contributed by atoms with Crippen molar-refractivity contribution in [3.63, 3.8) is 0 Å². The van der Waals surface area contributed by atoms with Crippen LogP contribution in [-0.2, 0) is 11.4 Å². The number of nitrogen functional groups attached to an aromatic ring is 1. The van der Waals surface area contributed by atoms with Crippen LogP contribution < -0.4 is 10.5 Å². The first kappa shape index (κ1) is 16.7. The second-order valence-corrected chi connectivity index (χ2v) is 8.16. The second kappa shape index (κ2) is 6.64. The molecule has 0 fully saturated rings. The van der Waals surface area contributed by atoms with Crippen LogP contribution in [0.5, 0.6) is 0 Å². The first-order valence-corrected chi connectivity index (χ1v) is 8.30. The normalized spacial score (nSPS) is 14.6. The Morgan fingerprint density at radius 2 is 1.82 bits per heavy atom. The highest BCUT2D eigenvalue weighted by atomic mass is 32.2. The van der Waals surface area contributed by atoms with Gasteiger partial charge in [-0.15, -0.1) is 14.9 Å². The molecule has 0 aliphatic rings. The third-order valence-electron chi connectivity index (χ3n) is 3.20. The zero-order chi connectivity index (χ0) is 16.3. The lowest BCUT2D eigenvalue weighted by Gasteiger charge is -2.27. The fourth-order valence-electron chi connectivity index (χ4n) is 1.97. The van der Waals surface area contributed by atoms with Crippen LogP contribution in [0, 0.1) is 0 Å². The molecule has 0 saturated heterocycles. The van der Waals surface area contributed by atoms with Crippen LogP contribution in [0.4, 0.5) is 5.82 Å². The van der Waals surface area contributed by atoms with Gasteiger partial charge in [-0.05, 0) is 33.8 Å². The van der Waals surface area contributed by atoms with Crippen molar-refractivity contribution in [3.05, 3.63) is 42.0 Å². The fourth-order valence-corrected chi connectivity index (χ4v) is 2.77. The molecule has 1 heterocycles. The number of rotatable bonds is 4. The van der Waals surface area contributed by atoms with Gasteiger partial charge in [-0.1, -0.05) is 30.3 Å². The summed E-state index contributed by atoms with van der Waals surface area (Å²) in [6.45, 7) is 7.74. The monoisotopic (exact) mass is 318 g/mol. The molecule has 5 nitrogen and oxygen atoms in total. The van der Waals surface area contributed by atoms with Gasteiger partial charge < -0.3 is 10.3 Å². The molecule has 118 valence electrons. The molecule has 0 radical (unpaired) electrons. The predicted octanol–water partition coefficient (Wildman–Crippen LogP) is 2.84. The van der Waals surface area contributed by atoms with Gasteiger partial charge in [0.05, 0.1) is 11.7 Å². The number of hydrogen-bond acceptors (Lipinski definition) is 5. The van der Waals surface area contributed by atoms with E-state index < -0.39 is 11.4 Å². The van der Waals surface area contributed by atoms with E-state index in [-0.39, 0.29) is 10.8 Å². The number of benzene rings is 1. The van der Waals surface area contributed by atoms with Gasteiger partial charge >= 0.3 is 0 Å². The Balaban J connectivity index is 2.36. The van der Waals surface area contributed by atoms with Crippen molar-refractivity contribution >= 4 is 17.2 Å².